The molecule has 2 bridgehead atoms. The van der Waals surface area contributed by atoms with E-state index in [-0.39, 0.29) is 0 Å². The third-order valence-corrected chi connectivity index (χ3v) is 6.20. The van der Waals surface area contributed by atoms with Crippen molar-refractivity contribution < 1.29 is 4.79 Å². The summed E-state index contributed by atoms with van der Waals surface area (Å²) in [5.74, 6) is 0.358. The van der Waals surface area contributed by atoms with E-state index in [1.54, 1.807) is 0 Å². The van der Waals surface area contributed by atoms with Crippen LogP contribution in [0.3, 0.4) is 0 Å². The molecule has 1 heteroatoms. The molecule has 0 aromatic heterocycles. The predicted molar refractivity (Wildman–Crippen MR) is 104 cm³/mol. The summed E-state index contributed by atoms with van der Waals surface area (Å²) >= 11 is 0. The molecule has 0 atom stereocenters. The van der Waals surface area contributed by atoms with E-state index in [0.29, 0.717) is 5.78 Å². The van der Waals surface area contributed by atoms with Crippen LogP contribution in [-0.4, -0.2) is 5.78 Å². The number of benzene rings is 2. The summed E-state index contributed by atoms with van der Waals surface area (Å²) in [7, 11) is 0. The molecule has 5 rings (SSSR count). The number of carbonyl (C=O) groups excluding carboxylic acids is 1. The third kappa shape index (κ3) is 2.25. The Labute approximate surface area is 149 Å². The van der Waals surface area contributed by atoms with E-state index in [4.69, 9.17) is 0 Å². The Morgan fingerprint density at radius 1 is 0.600 bits per heavy atom. The second-order valence-electron chi connectivity index (χ2n) is 7.72. The molecule has 0 N–H and O–H groups in total. The van der Waals surface area contributed by atoms with Crippen LogP contribution in [0.5, 0.6) is 0 Å². The standard InChI is InChI=1S/C24H24O/c25-24-19-12-6-4-2-1-3-5-7-13-20(24)23-18-15-9-11-16-10-8-14-17(21(16)18)22(19)23/h8-11,14-15H,1-7,12-13H2. The summed E-state index contributed by atoms with van der Waals surface area (Å²) in [6, 6.07) is 13.1. The van der Waals surface area contributed by atoms with Crippen molar-refractivity contribution in [2.45, 2.75) is 57.8 Å². The number of hydrogen-bond acceptors (Lipinski definition) is 1. The first-order chi connectivity index (χ1) is 12.4. The quantitative estimate of drug-likeness (QED) is 0.542. The summed E-state index contributed by atoms with van der Waals surface area (Å²) in [6.07, 6.45) is 10.7. The van der Waals surface area contributed by atoms with Gasteiger partial charge in [-0.25, -0.2) is 0 Å². The maximum Gasteiger partial charge on any atom is 0.186 e. The summed E-state index contributed by atoms with van der Waals surface area (Å²) in [5, 5.41) is 2.67. The molecule has 25 heavy (non-hydrogen) atoms. The molecule has 3 aliphatic carbocycles. The highest BCUT2D eigenvalue weighted by atomic mass is 16.1. The van der Waals surface area contributed by atoms with Crippen LogP contribution < -0.4 is 0 Å². The van der Waals surface area contributed by atoms with Crippen LogP contribution in [0.4, 0.5) is 0 Å². The van der Waals surface area contributed by atoms with E-state index >= 15 is 0 Å². The van der Waals surface area contributed by atoms with Crippen LogP contribution in [-0.2, 0) is 4.79 Å². The van der Waals surface area contributed by atoms with Gasteiger partial charge in [0.25, 0.3) is 0 Å². The van der Waals surface area contributed by atoms with Crippen LogP contribution in [0.15, 0.2) is 47.5 Å². The summed E-state index contributed by atoms with van der Waals surface area (Å²) in [5.41, 5.74) is 7.38. The molecule has 1 fully saturated rings. The van der Waals surface area contributed by atoms with Crippen LogP contribution in [0.2, 0.25) is 0 Å². The molecule has 0 spiro atoms. The summed E-state index contributed by atoms with van der Waals surface area (Å²) in [4.78, 5) is 13.3. The van der Waals surface area contributed by atoms with Gasteiger partial charge < -0.3 is 0 Å². The van der Waals surface area contributed by atoms with Crippen molar-refractivity contribution in [2.24, 2.45) is 0 Å². The normalized spacial score (nSPS) is 20.7. The first-order valence-corrected chi connectivity index (χ1v) is 9.90. The number of rotatable bonds is 0. The lowest BCUT2D eigenvalue weighted by Gasteiger charge is -2.10. The van der Waals surface area contributed by atoms with E-state index in [2.05, 4.69) is 36.4 Å². The second kappa shape index (κ2) is 5.98. The minimum atomic E-state index is 0.358. The maximum atomic E-state index is 13.3. The summed E-state index contributed by atoms with van der Waals surface area (Å²) < 4.78 is 0. The van der Waals surface area contributed by atoms with Crippen LogP contribution in [0, 0.1) is 0 Å². The molecule has 1 saturated carbocycles. The Kier molecular flexibility index (Phi) is 3.62. The lowest BCUT2D eigenvalue weighted by Crippen LogP contribution is -2.04. The Balaban J connectivity index is 1.73. The molecule has 126 valence electrons. The maximum absolute atomic E-state index is 13.3. The topological polar surface area (TPSA) is 17.1 Å². The smallest absolute Gasteiger partial charge is 0.186 e. The van der Waals surface area contributed by atoms with Crippen molar-refractivity contribution >= 4 is 27.7 Å². The molecule has 0 radical (unpaired) electrons. The molecular weight excluding hydrogens is 304 g/mol. The lowest BCUT2D eigenvalue weighted by atomic mass is 9.93. The number of carbonyl (C=O) groups is 1. The third-order valence-electron chi connectivity index (χ3n) is 6.20. The highest BCUT2D eigenvalue weighted by molar-refractivity contribution is 6.38. The van der Waals surface area contributed by atoms with E-state index in [1.807, 2.05) is 0 Å². The van der Waals surface area contributed by atoms with Gasteiger partial charge >= 0.3 is 0 Å². The highest BCUT2D eigenvalue weighted by Gasteiger charge is 2.37. The Bertz CT molecular complexity index is 871. The van der Waals surface area contributed by atoms with E-state index < -0.39 is 0 Å². The average Bonchev–Trinajstić information content (AvgIpc) is 3.09. The monoisotopic (exact) mass is 328 g/mol. The van der Waals surface area contributed by atoms with E-state index in [1.165, 1.54) is 65.1 Å². The number of fused-ring (bicyclic) bond motifs is 5. The Morgan fingerprint density at radius 3 is 1.60 bits per heavy atom. The predicted octanol–water partition coefficient (Wildman–Crippen LogP) is 6.47. The van der Waals surface area contributed by atoms with Gasteiger partial charge in [0, 0.05) is 11.1 Å². The van der Waals surface area contributed by atoms with Gasteiger partial charge in [0.15, 0.2) is 5.78 Å². The number of ketones is 1. The number of Topliss-reactive ketones (excluding diaryl/α,β-unsaturated/α-hetero) is 1. The van der Waals surface area contributed by atoms with Gasteiger partial charge in [-0.3, -0.25) is 4.79 Å². The van der Waals surface area contributed by atoms with Gasteiger partial charge in [-0.15, -0.1) is 0 Å². The Hall–Kier alpha value is -2.15. The Morgan fingerprint density at radius 2 is 1.08 bits per heavy atom. The van der Waals surface area contributed by atoms with Crippen LogP contribution in [0.25, 0.3) is 21.9 Å². The first-order valence-electron chi connectivity index (χ1n) is 9.90. The van der Waals surface area contributed by atoms with Gasteiger partial charge in [-0.05, 0) is 58.7 Å². The zero-order valence-corrected chi connectivity index (χ0v) is 14.7. The lowest BCUT2D eigenvalue weighted by molar-refractivity contribution is -0.112. The van der Waals surface area contributed by atoms with Gasteiger partial charge in [0.05, 0.1) is 0 Å². The molecule has 2 aromatic rings. The van der Waals surface area contributed by atoms with Gasteiger partial charge in [0.1, 0.15) is 0 Å². The average molecular weight is 328 g/mol. The van der Waals surface area contributed by atoms with Gasteiger partial charge in [-0.1, -0.05) is 68.5 Å². The minimum Gasteiger partial charge on any atom is -0.289 e. The molecule has 3 aliphatic rings. The van der Waals surface area contributed by atoms with Crippen molar-refractivity contribution in [3.8, 4) is 0 Å². The zero-order chi connectivity index (χ0) is 16.8. The van der Waals surface area contributed by atoms with Crippen molar-refractivity contribution in [3.63, 3.8) is 0 Å². The minimum absolute atomic E-state index is 0.358. The fraction of sp³-hybridized carbons (Fsp3) is 0.375. The molecule has 0 amide bonds. The molecule has 0 aliphatic heterocycles. The molecule has 0 heterocycles. The second-order valence-corrected chi connectivity index (χ2v) is 7.72. The van der Waals surface area contributed by atoms with Crippen molar-refractivity contribution in [1.29, 1.82) is 0 Å². The first kappa shape index (κ1) is 15.1. The number of allylic oxidation sites excluding steroid dienone is 4. The SMILES string of the molecule is O=C1C2=C3C(=C1CCCCCCCCC2)c1cccc2cccc3c12. The van der Waals surface area contributed by atoms with Crippen LogP contribution in [0.1, 0.15) is 68.9 Å². The molecule has 1 nitrogen and oxygen atoms in total. The summed E-state index contributed by atoms with van der Waals surface area (Å²) in [6.45, 7) is 0. The zero-order valence-electron chi connectivity index (χ0n) is 14.7. The van der Waals surface area contributed by atoms with Crippen molar-refractivity contribution in [1.82, 2.24) is 0 Å². The highest BCUT2D eigenvalue weighted by Crippen LogP contribution is 2.54. The molecule has 2 aromatic carbocycles. The molecule has 0 saturated heterocycles. The van der Waals surface area contributed by atoms with E-state index in [9.17, 15) is 4.79 Å². The molecule has 0 unspecified atom stereocenters. The van der Waals surface area contributed by atoms with Gasteiger partial charge in [0.2, 0.25) is 0 Å². The molecular formula is C24H24O. The van der Waals surface area contributed by atoms with Gasteiger partial charge in [-0.2, -0.15) is 0 Å². The fourth-order valence-electron chi connectivity index (χ4n) is 5.03. The van der Waals surface area contributed by atoms with Crippen LogP contribution >= 0.6 is 0 Å². The number of hydrogen-bond donors (Lipinski definition) is 0. The van der Waals surface area contributed by atoms with Crippen molar-refractivity contribution in [3.05, 3.63) is 58.7 Å². The fourth-order valence-corrected chi connectivity index (χ4v) is 5.03. The van der Waals surface area contributed by atoms with E-state index in [0.717, 1.165) is 36.8 Å². The van der Waals surface area contributed by atoms with Crippen molar-refractivity contribution in [2.75, 3.05) is 0 Å². The largest absolute Gasteiger partial charge is 0.289 e.